The molecule has 17 heavy (non-hydrogen) atoms. The Morgan fingerprint density at radius 1 is 1.24 bits per heavy atom. The van der Waals surface area contributed by atoms with Gasteiger partial charge in [-0.2, -0.15) is 0 Å². The maximum Gasteiger partial charge on any atom is 0.322 e. The quantitative estimate of drug-likeness (QED) is 0.795. The molecule has 0 saturated carbocycles. The van der Waals surface area contributed by atoms with E-state index in [0.717, 1.165) is 11.3 Å². The lowest BCUT2D eigenvalue weighted by Gasteiger charge is -2.20. The van der Waals surface area contributed by atoms with Crippen LogP contribution >= 0.6 is 0 Å². The number of carbonyl (C=O) groups is 1. The van der Waals surface area contributed by atoms with Gasteiger partial charge in [-0.3, -0.25) is 10.1 Å². The van der Waals surface area contributed by atoms with Gasteiger partial charge in [-0.25, -0.2) is 0 Å². The van der Waals surface area contributed by atoms with E-state index in [1.165, 1.54) is 7.11 Å². The Hall–Kier alpha value is -1.55. The fourth-order valence-corrected chi connectivity index (χ4v) is 1.73. The van der Waals surface area contributed by atoms with E-state index in [1.54, 1.807) is 14.0 Å². The van der Waals surface area contributed by atoms with Gasteiger partial charge in [0.05, 0.1) is 14.2 Å². The molecule has 0 aliphatic heterocycles. The first kappa shape index (κ1) is 13.5. The van der Waals surface area contributed by atoms with Crippen LogP contribution in [0.2, 0.25) is 0 Å². The normalized spacial score (nSPS) is 13.9. The van der Waals surface area contributed by atoms with Crippen LogP contribution in [0.4, 0.5) is 0 Å². The molecule has 0 saturated heterocycles. The van der Waals surface area contributed by atoms with E-state index in [9.17, 15) is 4.79 Å². The molecule has 0 fully saturated rings. The van der Waals surface area contributed by atoms with Gasteiger partial charge < -0.3 is 9.47 Å². The molecular weight excluding hydrogens is 218 g/mol. The van der Waals surface area contributed by atoms with Crippen molar-refractivity contribution in [2.75, 3.05) is 14.2 Å². The van der Waals surface area contributed by atoms with Crippen LogP contribution < -0.4 is 10.1 Å². The minimum absolute atomic E-state index is 0.0141. The van der Waals surface area contributed by atoms with Gasteiger partial charge in [0.1, 0.15) is 11.8 Å². The maximum absolute atomic E-state index is 11.3. The number of hydrogen-bond acceptors (Lipinski definition) is 4. The highest BCUT2D eigenvalue weighted by molar-refractivity contribution is 5.75. The van der Waals surface area contributed by atoms with Crippen molar-refractivity contribution in [2.24, 2.45) is 0 Å². The van der Waals surface area contributed by atoms with Gasteiger partial charge >= 0.3 is 5.97 Å². The molecule has 2 atom stereocenters. The summed E-state index contributed by atoms with van der Waals surface area (Å²) in [6.07, 6.45) is 0. The summed E-state index contributed by atoms with van der Waals surface area (Å²) in [5, 5.41) is 3.17. The summed E-state index contributed by atoms with van der Waals surface area (Å²) in [5.41, 5.74) is 1.02. The molecule has 0 bridgehead atoms. The zero-order valence-electron chi connectivity index (χ0n) is 10.7. The number of nitrogens with one attached hydrogen (secondary N) is 1. The molecule has 0 heterocycles. The molecule has 0 aromatic heterocycles. The molecule has 0 amide bonds. The van der Waals surface area contributed by atoms with Crippen LogP contribution in [0.15, 0.2) is 24.3 Å². The van der Waals surface area contributed by atoms with E-state index in [-0.39, 0.29) is 18.1 Å². The maximum atomic E-state index is 11.3. The second kappa shape index (κ2) is 6.25. The first-order valence-electron chi connectivity index (χ1n) is 5.57. The van der Waals surface area contributed by atoms with Crippen molar-refractivity contribution < 1.29 is 14.3 Å². The number of rotatable bonds is 5. The van der Waals surface area contributed by atoms with Crippen molar-refractivity contribution in [3.05, 3.63) is 29.8 Å². The zero-order valence-corrected chi connectivity index (χ0v) is 10.7. The van der Waals surface area contributed by atoms with E-state index >= 15 is 0 Å². The number of benzene rings is 1. The fourth-order valence-electron chi connectivity index (χ4n) is 1.73. The summed E-state index contributed by atoms with van der Waals surface area (Å²) in [4.78, 5) is 11.3. The SMILES string of the molecule is COC(=O)[C@H](C)N[C@@H](C)c1ccccc1OC. The van der Waals surface area contributed by atoms with Crippen molar-refractivity contribution in [2.45, 2.75) is 25.9 Å². The van der Waals surface area contributed by atoms with Crippen molar-refractivity contribution >= 4 is 5.97 Å². The molecule has 4 nitrogen and oxygen atoms in total. The van der Waals surface area contributed by atoms with Gasteiger partial charge in [-0.1, -0.05) is 18.2 Å². The highest BCUT2D eigenvalue weighted by atomic mass is 16.5. The second-order valence-electron chi connectivity index (χ2n) is 3.88. The van der Waals surface area contributed by atoms with E-state index < -0.39 is 0 Å². The van der Waals surface area contributed by atoms with Crippen molar-refractivity contribution in [1.82, 2.24) is 5.32 Å². The molecule has 4 heteroatoms. The molecule has 1 rings (SSSR count). The van der Waals surface area contributed by atoms with E-state index in [0.29, 0.717) is 0 Å². The lowest BCUT2D eigenvalue weighted by atomic mass is 10.1. The number of esters is 1. The Bertz CT molecular complexity index is 379. The van der Waals surface area contributed by atoms with Gasteiger partial charge in [-0.15, -0.1) is 0 Å². The number of carbonyl (C=O) groups excluding carboxylic acids is 1. The molecule has 94 valence electrons. The molecule has 1 aromatic carbocycles. The van der Waals surface area contributed by atoms with Gasteiger partial charge in [-0.05, 0) is 19.9 Å². The van der Waals surface area contributed by atoms with E-state index in [1.807, 2.05) is 31.2 Å². The molecule has 0 unspecified atom stereocenters. The van der Waals surface area contributed by atoms with Crippen LogP contribution in [-0.4, -0.2) is 26.2 Å². The van der Waals surface area contributed by atoms with Crippen LogP contribution in [0.3, 0.4) is 0 Å². The topological polar surface area (TPSA) is 47.6 Å². The lowest BCUT2D eigenvalue weighted by Crippen LogP contribution is -2.36. The standard InChI is InChI=1S/C13H19NO3/c1-9(14-10(2)13(15)17-4)11-7-5-6-8-12(11)16-3/h5-10,14H,1-4H3/t9-,10-/m0/s1. The summed E-state index contributed by atoms with van der Waals surface area (Å²) >= 11 is 0. The summed E-state index contributed by atoms with van der Waals surface area (Å²) in [7, 11) is 3.02. The minimum Gasteiger partial charge on any atom is -0.496 e. The van der Waals surface area contributed by atoms with Gasteiger partial charge in [0.25, 0.3) is 0 Å². The first-order chi connectivity index (χ1) is 8.10. The predicted octanol–water partition coefficient (Wildman–Crippen LogP) is 1.91. The van der Waals surface area contributed by atoms with Crippen LogP contribution in [0.25, 0.3) is 0 Å². The molecule has 1 aromatic rings. The van der Waals surface area contributed by atoms with Crippen molar-refractivity contribution in [3.8, 4) is 5.75 Å². The highest BCUT2D eigenvalue weighted by Crippen LogP contribution is 2.24. The molecule has 0 aliphatic rings. The van der Waals surface area contributed by atoms with Gasteiger partial charge in [0.15, 0.2) is 0 Å². The number of ether oxygens (including phenoxy) is 2. The molecule has 0 aliphatic carbocycles. The predicted molar refractivity (Wildman–Crippen MR) is 66.0 cm³/mol. The van der Waals surface area contributed by atoms with Crippen LogP contribution in [0, 0.1) is 0 Å². The smallest absolute Gasteiger partial charge is 0.322 e. The minimum atomic E-state index is -0.347. The summed E-state index contributed by atoms with van der Waals surface area (Å²) in [5.74, 6) is 0.538. The third kappa shape index (κ3) is 3.46. The summed E-state index contributed by atoms with van der Waals surface area (Å²) in [6, 6.07) is 7.40. The fraction of sp³-hybridized carbons (Fsp3) is 0.462. The average molecular weight is 237 g/mol. The zero-order chi connectivity index (χ0) is 12.8. The van der Waals surface area contributed by atoms with Crippen molar-refractivity contribution in [1.29, 1.82) is 0 Å². The van der Waals surface area contributed by atoms with Crippen LogP contribution in [0.5, 0.6) is 5.75 Å². The molecule has 0 radical (unpaired) electrons. The number of methoxy groups -OCH3 is 2. The summed E-state index contributed by atoms with van der Waals surface area (Å²) in [6.45, 7) is 3.76. The molecule has 0 spiro atoms. The second-order valence-corrected chi connectivity index (χ2v) is 3.88. The highest BCUT2D eigenvalue weighted by Gasteiger charge is 2.18. The monoisotopic (exact) mass is 237 g/mol. The van der Waals surface area contributed by atoms with E-state index in [4.69, 9.17) is 4.74 Å². The first-order valence-corrected chi connectivity index (χ1v) is 5.57. The van der Waals surface area contributed by atoms with Crippen molar-refractivity contribution in [3.63, 3.8) is 0 Å². The average Bonchev–Trinajstić information content (AvgIpc) is 2.37. The summed E-state index contributed by atoms with van der Waals surface area (Å²) < 4.78 is 9.95. The lowest BCUT2D eigenvalue weighted by molar-refractivity contribution is -0.142. The number of para-hydroxylation sites is 1. The largest absolute Gasteiger partial charge is 0.496 e. The Morgan fingerprint density at radius 3 is 2.47 bits per heavy atom. The Morgan fingerprint density at radius 2 is 1.88 bits per heavy atom. The van der Waals surface area contributed by atoms with Crippen LogP contribution in [-0.2, 0) is 9.53 Å². The third-order valence-electron chi connectivity index (χ3n) is 2.66. The van der Waals surface area contributed by atoms with Gasteiger partial charge in [0, 0.05) is 11.6 Å². The molecular formula is C13H19NO3. The van der Waals surface area contributed by atoms with Crippen LogP contribution in [0.1, 0.15) is 25.5 Å². The van der Waals surface area contributed by atoms with E-state index in [2.05, 4.69) is 10.1 Å². The Kier molecular flexibility index (Phi) is 4.97. The Balaban J connectivity index is 2.75. The third-order valence-corrected chi connectivity index (χ3v) is 2.66. The number of hydrogen-bond donors (Lipinski definition) is 1. The Labute approximate surface area is 102 Å². The molecule has 1 N–H and O–H groups in total. The van der Waals surface area contributed by atoms with Gasteiger partial charge in [0.2, 0.25) is 0 Å².